The van der Waals surface area contributed by atoms with Crippen molar-refractivity contribution in [3.8, 4) is 17.2 Å². The zero-order valence-electron chi connectivity index (χ0n) is 13.1. The molecule has 0 amide bonds. The Hall–Kier alpha value is -3.23. The zero-order valence-corrected chi connectivity index (χ0v) is 13.1. The number of benzene rings is 1. The van der Waals surface area contributed by atoms with Gasteiger partial charge in [0.15, 0.2) is 11.5 Å². The second kappa shape index (κ2) is 7.86. The minimum Gasteiger partial charge on any atom is -0.475 e. The zero-order chi connectivity index (χ0) is 18.4. The summed E-state index contributed by atoms with van der Waals surface area (Å²) in [6.07, 6.45) is -0.618. The van der Waals surface area contributed by atoms with Gasteiger partial charge in [-0.1, -0.05) is 6.07 Å². The van der Waals surface area contributed by atoms with Crippen LogP contribution in [0, 0.1) is 0 Å². The van der Waals surface area contributed by atoms with Gasteiger partial charge in [-0.05, 0) is 6.07 Å². The molecular weight excluding hydrogens is 324 g/mol. The van der Waals surface area contributed by atoms with E-state index in [1.807, 2.05) is 0 Å². The first-order valence-electron chi connectivity index (χ1n) is 6.59. The Morgan fingerprint density at radius 1 is 0.833 bits per heavy atom. The van der Waals surface area contributed by atoms with Gasteiger partial charge in [0.1, 0.15) is 0 Å². The monoisotopic (exact) mass is 338 g/mol. The van der Waals surface area contributed by atoms with E-state index in [1.165, 1.54) is 12.1 Å². The van der Waals surface area contributed by atoms with Crippen molar-refractivity contribution in [3.05, 3.63) is 17.7 Å². The quantitative estimate of drug-likeness (QED) is 0.451. The molecule has 1 N–H and O–H groups in total. The summed E-state index contributed by atoms with van der Waals surface area (Å²) < 4.78 is 14.7. The molecule has 0 aliphatic rings. The highest BCUT2D eigenvalue weighted by atomic mass is 16.6. The van der Waals surface area contributed by atoms with E-state index in [-0.39, 0.29) is 17.1 Å². The van der Waals surface area contributed by atoms with Crippen molar-refractivity contribution in [2.45, 2.75) is 27.2 Å². The molecule has 0 heterocycles. The second-order valence-corrected chi connectivity index (χ2v) is 4.57. The number of hydrogen-bond acceptors (Lipinski definition) is 8. The molecule has 1 aromatic rings. The lowest BCUT2D eigenvalue weighted by Gasteiger charge is -2.15. The Bertz CT molecular complexity index is 718. The number of carbonyl (C=O) groups excluding carboxylic acids is 4. The minimum atomic E-state index is -1.68. The van der Waals surface area contributed by atoms with Gasteiger partial charge in [0.05, 0.1) is 0 Å². The van der Waals surface area contributed by atoms with Gasteiger partial charge in [0, 0.05) is 32.8 Å². The van der Waals surface area contributed by atoms with Crippen molar-refractivity contribution >= 4 is 29.7 Å². The van der Waals surface area contributed by atoms with Gasteiger partial charge in [-0.15, -0.1) is 0 Å². The van der Waals surface area contributed by atoms with E-state index in [9.17, 15) is 24.0 Å². The highest BCUT2D eigenvalue weighted by Crippen LogP contribution is 2.41. The molecule has 0 unspecified atom stereocenters. The van der Waals surface area contributed by atoms with Crippen LogP contribution < -0.4 is 14.2 Å². The van der Waals surface area contributed by atoms with Gasteiger partial charge >= 0.3 is 23.9 Å². The average molecular weight is 338 g/mol. The van der Waals surface area contributed by atoms with E-state index in [2.05, 4.69) is 0 Å². The van der Waals surface area contributed by atoms with E-state index in [0.29, 0.717) is 0 Å². The van der Waals surface area contributed by atoms with Gasteiger partial charge in [-0.25, -0.2) is 4.79 Å². The third kappa shape index (κ3) is 5.20. The number of ketones is 1. The number of carboxylic acids is 1. The molecule has 128 valence electrons. The summed E-state index contributed by atoms with van der Waals surface area (Å²) in [5, 5.41) is 8.69. The molecule has 9 heteroatoms. The van der Waals surface area contributed by atoms with Crippen LogP contribution in [0.15, 0.2) is 12.1 Å². The van der Waals surface area contributed by atoms with Crippen molar-refractivity contribution in [1.82, 2.24) is 0 Å². The Morgan fingerprint density at radius 3 is 1.79 bits per heavy atom. The first-order chi connectivity index (χ1) is 11.1. The van der Waals surface area contributed by atoms with E-state index in [0.717, 1.165) is 20.8 Å². The number of aliphatic carboxylic acids is 1. The van der Waals surface area contributed by atoms with Gasteiger partial charge in [-0.2, -0.15) is 0 Å². The highest BCUT2D eigenvalue weighted by molar-refractivity contribution is 6.33. The van der Waals surface area contributed by atoms with Crippen LogP contribution in [0.2, 0.25) is 0 Å². The van der Waals surface area contributed by atoms with Crippen molar-refractivity contribution in [3.63, 3.8) is 0 Å². The lowest BCUT2D eigenvalue weighted by atomic mass is 10.1. The maximum absolute atomic E-state index is 11.4. The van der Waals surface area contributed by atoms with Crippen molar-refractivity contribution in [2.75, 3.05) is 0 Å². The first-order valence-corrected chi connectivity index (χ1v) is 6.59. The first kappa shape index (κ1) is 18.8. The number of esters is 3. The molecule has 24 heavy (non-hydrogen) atoms. The molecule has 0 bridgehead atoms. The average Bonchev–Trinajstić information content (AvgIpc) is 2.43. The minimum absolute atomic E-state index is 0.0234. The topological polar surface area (TPSA) is 133 Å². The number of rotatable bonds is 6. The summed E-state index contributed by atoms with van der Waals surface area (Å²) >= 11 is 0. The molecule has 1 aromatic carbocycles. The van der Waals surface area contributed by atoms with Crippen LogP contribution in [0.25, 0.3) is 0 Å². The van der Waals surface area contributed by atoms with Crippen LogP contribution >= 0.6 is 0 Å². The summed E-state index contributed by atoms with van der Waals surface area (Å²) in [4.78, 5) is 55.8. The summed E-state index contributed by atoms with van der Waals surface area (Å²) in [6, 6.07) is 2.42. The third-order valence-electron chi connectivity index (χ3n) is 2.49. The SMILES string of the molecule is CC(=O)Oc1ccc(CC(=O)C(=O)O)c(OC(C)=O)c1OC(C)=O. The van der Waals surface area contributed by atoms with Gasteiger partial charge in [0.2, 0.25) is 11.5 Å². The fourth-order valence-corrected chi connectivity index (χ4v) is 1.70. The molecule has 0 fully saturated rings. The predicted octanol–water partition coefficient (Wildman–Crippen LogP) is 0.659. The summed E-state index contributed by atoms with van der Waals surface area (Å²) in [7, 11) is 0. The Morgan fingerprint density at radius 2 is 1.33 bits per heavy atom. The lowest BCUT2D eigenvalue weighted by Crippen LogP contribution is -2.17. The molecule has 0 aromatic heterocycles. The molecule has 0 saturated carbocycles. The van der Waals surface area contributed by atoms with Gasteiger partial charge in [-0.3, -0.25) is 19.2 Å². The lowest BCUT2D eigenvalue weighted by molar-refractivity contribution is -0.148. The molecule has 1 rings (SSSR count). The van der Waals surface area contributed by atoms with E-state index >= 15 is 0 Å². The van der Waals surface area contributed by atoms with Crippen LogP contribution in [-0.4, -0.2) is 34.8 Å². The standard InChI is InChI=1S/C15H14O9/c1-7(16)22-12-5-4-10(6-11(19)15(20)21)13(23-8(2)17)14(12)24-9(3)18/h4-5H,6H2,1-3H3,(H,20,21). The Labute approximate surface area is 136 Å². The van der Waals surface area contributed by atoms with Gasteiger partial charge < -0.3 is 19.3 Å². The summed E-state index contributed by atoms with van der Waals surface area (Å²) in [6.45, 7) is 3.22. The molecular formula is C15H14O9. The highest BCUT2D eigenvalue weighted by Gasteiger charge is 2.24. The molecule has 0 saturated heterocycles. The fraction of sp³-hybridized carbons (Fsp3) is 0.267. The largest absolute Gasteiger partial charge is 0.475 e. The molecule has 0 aliphatic heterocycles. The van der Waals surface area contributed by atoms with E-state index in [1.54, 1.807) is 0 Å². The van der Waals surface area contributed by atoms with Crippen LogP contribution in [0.3, 0.4) is 0 Å². The van der Waals surface area contributed by atoms with Crippen LogP contribution in [0.1, 0.15) is 26.3 Å². The number of Topliss-reactive ketones (excluding diaryl/α,β-unsaturated/α-hetero) is 1. The Kier molecular flexibility index (Phi) is 6.16. The van der Waals surface area contributed by atoms with Gasteiger partial charge in [0.25, 0.3) is 0 Å². The second-order valence-electron chi connectivity index (χ2n) is 4.57. The number of carbonyl (C=O) groups is 5. The van der Waals surface area contributed by atoms with Crippen LogP contribution in [0.5, 0.6) is 17.2 Å². The van der Waals surface area contributed by atoms with Crippen LogP contribution in [0.4, 0.5) is 0 Å². The summed E-state index contributed by atoms with van der Waals surface area (Å²) in [5.41, 5.74) is -0.0234. The maximum Gasteiger partial charge on any atom is 0.372 e. The predicted molar refractivity (Wildman–Crippen MR) is 76.7 cm³/mol. The maximum atomic E-state index is 11.4. The smallest absolute Gasteiger partial charge is 0.372 e. The molecule has 9 nitrogen and oxygen atoms in total. The third-order valence-corrected chi connectivity index (χ3v) is 2.49. The van der Waals surface area contributed by atoms with Crippen LogP contribution in [-0.2, 0) is 30.4 Å². The number of ether oxygens (including phenoxy) is 3. The van der Waals surface area contributed by atoms with Crippen molar-refractivity contribution in [1.29, 1.82) is 0 Å². The van der Waals surface area contributed by atoms with Crippen molar-refractivity contribution < 1.29 is 43.3 Å². The normalized spacial score (nSPS) is 9.79. The fourth-order valence-electron chi connectivity index (χ4n) is 1.70. The number of hydrogen-bond donors (Lipinski definition) is 1. The summed E-state index contributed by atoms with van der Waals surface area (Å²) in [5.74, 6) is -6.19. The molecule has 0 spiro atoms. The van der Waals surface area contributed by atoms with E-state index < -0.39 is 41.8 Å². The number of carboxylic acid groups (broad SMARTS) is 1. The Balaban J connectivity index is 3.50. The molecule has 0 aliphatic carbocycles. The molecule has 0 radical (unpaired) electrons. The van der Waals surface area contributed by atoms with E-state index in [4.69, 9.17) is 19.3 Å². The molecule has 0 atom stereocenters. The van der Waals surface area contributed by atoms with Crippen molar-refractivity contribution in [2.24, 2.45) is 0 Å².